The maximum atomic E-state index is 9.93. The average Bonchev–Trinajstić information content (AvgIpc) is 0.592. The van der Waals surface area contributed by atoms with Crippen LogP contribution in [0, 0.1) is 0 Å². The molecule has 0 N–H and O–H groups in total. The first kappa shape index (κ1) is 12.7. The second-order valence-electron chi connectivity index (χ2n) is 1.07. The van der Waals surface area contributed by atoms with Crippen molar-refractivity contribution in [2.24, 2.45) is 0 Å². The van der Waals surface area contributed by atoms with Crippen molar-refractivity contribution in [2.45, 2.75) is 0 Å². The molecule has 0 aromatic carbocycles. The molecule has 0 aromatic rings. The molecule has 0 nitrogen and oxygen atoms in total. The molecular formula is HF6KZr. The van der Waals surface area contributed by atoms with E-state index in [1.165, 1.54) is 0 Å². The van der Waals surface area contributed by atoms with Crippen molar-refractivity contribution < 1.29 is 36.7 Å². The van der Waals surface area contributed by atoms with Crippen LogP contribution in [0.2, 0.25) is 0 Å². The van der Waals surface area contributed by atoms with Crippen LogP contribution >= 0.6 is 0 Å². The van der Waals surface area contributed by atoms with E-state index in [1.807, 2.05) is 0 Å². The maximum absolute atomic E-state index is 11.3. The van der Waals surface area contributed by atoms with Gasteiger partial charge in [0, 0.05) is 0 Å². The minimum absolute atomic E-state index is 0. The monoisotopic (exact) mass is 244 g/mol. The number of hydrogen-bond donors (Lipinski definition) is 0. The van der Waals surface area contributed by atoms with E-state index in [0.29, 0.717) is 0 Å². The van der Waals surface area contributed by atoms with Gasteiger partial charge in [-0.15, -0.1) is 0 Å². The van der Waals surface area contributed by atoms with Gasteiger partial charge in [0.2, 0.25) is 0 Å². The molecule has 0 radical (unpaired) electrons. The van der Waals surface area contributed by atoms with Crippen LogP contribution < -0.4 is 0 Å². The van der Waals surface area contributed by atoms with Gasteiger partial charge in [-0.1, -0.05) is 0 Å². The summed E-state index contributed by atoms with van der Waals surface area (Å²) in [5, 5.41) is 0. The number of hydrogen-bond acceptors (Lipinski definition) is 0. The van der Waals surface area contributed by atoms with Crippen LogP contribution in [-0.4, -0.2) is 51.4 Å². The Kier molecular flexibility index (Phi) is 3.25. The van der Waals surface area contributed by atoms with E-state index in [0.717, 1.165) is 0 Å². The number of rotatable bonds is 0. The van der Waals surface area contributed by atoms with Gasteiger partial charge in [0.05, 0.1) is 0 Å². The molecular weight excluding hydrogens is 244 g/mol. The molecule has 0 aliphatic rings. The van der Waals surface area contributed by atoms with Crippen LogP contribution in [0.5, 0.6) is 0 Å². The average molecular weight is 245 g/mol. The van der Waals surface area contributed by atoms with Gasteiger partial charge < -0.3 is 0 Å². The fourth-order valence-electron chi connectivity index (χ4n) is 0. The minimum atomic E-state index is -11.3. The Bertz CT molecular complexity index is 67.1. The third kappa shape index (κ3) is 92.6. The predicted molar refractivity (Wildman–Crippen MR) is 13.8 cm³/mol. The van der Waals surface area contributed by atoms with Crippen molar-refractivity contribution in [3.05, 3.63) is 0 Å². The van der Waals surface area contributed by atoms with Crippen molar-refractivity contribution in [1.29, 1.82) is 0 Å². The molecule has 0 aliphatic heterocycles. The molecule has 0 saturated carbocycles. The third-order valence-electron chi connectivity index (χ3n) is 0. The van der Waals surface area contributed by atoms with E-state index in [-0.39, 0.29) is 51.4 Å². The van der Waals surface area contributed by atoms with Crippen LogP contribution in [0.25, 0.3) is 0 Å². The Labute approximate surface area is 86.2 Å². The molecule has 8 heteroatoms. The van der Waals surface area contributed by atoms with Gasteiger partial charge >= 0.3 is 88.1 Å². The Morgan fingerprint density at radius 1 is 0.625 bits per heavy atom. The van der Waals surface area contributed by atoms with Gasteiger partial charge in [0.1, 0.15) is 0 Å². The van der Waals surface area contributed by atoms with Crippen molar-refractivity contribution in [2.75, 3.05) is 0 Å². The SMILES string of the molecule is [F][Zr]([F])([F])([F])([F])[F].[KH]. The fraction of sp³-hybridized carbons (Fsp3) is 0. The summed E-state index contributed by atoms with van der Waals surface area (Å²) in [4.78, 5) is 0. The Hall–Kier alpha value is 2.10. The van der Waals surface area contributed by atoms with Gasteiger partial charge in [-0.25, -0.2) is 0 Å². The first-order valence-electron chi connectivity index (χ1n) is 1.13. The molecule has 0 bridgehead atoms. The molecule has 0 heterocycles. The van der Waals surface area contributed by atoms with E-state index < -0.39 is 21.0 Å². The Morgan fingerprint density at radius 3 is 0.625 bits per heavy atom. The fourth-order valence-corrected chi connectivity index (χ4v) is 0. The molecule has 0 spiro atoms. The molecule has 0 aliphatic carbocycles. The number of halogens is 6. The molecule has 0 aromatic heterocycles. The van der Waals surface area contributed by atoms with E-state index in [1.54, 1.807) is 0 Å². The van der Waals surface area contributed by atoms with Crippen LogP contribution in [0.1, 0.15) is 0 Å². The van der Waals surface area contributed by atoms with Gasteiger partial charge in [-0.3, -0.25) is 0 Å². The topological polar surface area (TPSA) is 0 Å². The van der Waals surface area contributed by atoms with Crippen molar-refractivity contribution in [1.82, 2.24) is 0 Å². The van der Waals surface area contributed by atoms with Gasteiger partial charge in [0.15, 0.2) is 0 Å². The van der Waals surface area contributed by atoms with Gasteiger partial charge in [-0.2, -0.15) is 0 Å². The van der Waals surface area contributed by atoms with Crippen LogP contribution in [0.4, 0.5) is 15.8 Å². The summed E-state index contributed by atoms with van der Waals surface area (Å²) in [6.45, 7) is 0. The quantitative estimate of drug-likeness (QED) is 0.451. The molecule has 0 amide bonds. The van der Waals surface area contributed by atoms with Crippen LogP contribution in [-0.2, 0) is 21.0 Å². The summed E-state index contributed by atoms with van der Waals surface area (Å²) in [6, 6.07) is 0. The first-order valence-corrected chi connectivity index (χ1v) is 6.71. The molecule has 0 saturated heterocycles. The zero-order chi connectivity index (χ0) is 6.41. The van der Waals surface area contributed by atoms with Crippen LogP contribution in [0.3, 0.4) is 0 Å². The van der Waals surface area contributed by atoms with Gasteiger partial charge in [-0.05, 0) is 0 Å². The summed E-state index contributed by atoms with van der Waals surface area (Å²) in [5.74, 6) is 0. The molecule has 0 rings (SSSR count). The summed E-state index contributed by atoms with van der Waals surface area (Å²) in [5.41, 5.74) is 0. The van der Waals surface area contributed by atoms with E-state index >= 15 is 0 Å². The Morgan fingerprint density at radius 2 is 0.625 bits per heavy atom. The van der Waals surface area contributed by atoms with E-state index in [9.17, 15) is 15.8 Å². The van der Waals surface area contributed by atoms with Gasteiger partial charge in [0.25, 0.3) is 0 Å². The van der Waals surface area contributed by atoms with Crippen molar-refractivity contribution >= 4 is 51.4 Å². The second kappa shape index (κ2) is 2.04. The molecule has 0 atom stereocenters. The molecule has 0 fully saturated rings. The molecule has 0 unspecified atom stereocenters. The van der Waals surface area contributed by atoms with E-state index in [2.05, 4.69) is 0 Å². The predicted octanol–water partition coefficient (Wildman–Crippen LogP) is 1.87. The first-order chi connectivity index (χ1) is 2.45. The summed E-state index contributed by atoms with van der Waals surface area (Å²) in [6.07, 6.45) is 0. The zero-order valence-corrected chi connectivity index (χ0v) is 5.23. The molecule has 8 heavy (non-hydrogen) atoms. The van der Waals surface area contributed by atoms with E-state index in [4.69, 9.17) is 0 Å². The summed E-state index contributed by atoms with van der Waals surface area (Å²) < 4.78 is 59.6. The summed E-state index contributed by atoms with van der Waals surface area (Å²) in [7, 11) is 0. The summed E-state index contributed by atoms with van der Waals surface area (Å²) >= 11 is -11.3. The Balaban J connectivity index is 0. The molecule has 48 valence electrons. The van der Waals surface area contributed by atoms with Crippen molar-refractivity contribution in [3.63, 3.8) is 0 Å². The normalized spacial score (nSPS) is 20.2. The zero-order valence-electron chi connectivity index (χ0n) is 2.77. The third-order valence-corrected chi connectivity index (χ3v) is 0. The van der Waals surface area contributed by atoms with Crippen molar-refractivity contribution in [3.8, 4) is 0 Å². The van der Waals surface area contributed by atoms with Crippen LogP contribution in [0.15, 0.2) is 0 Å². The standard InChI is InChI=1S/6FH.K.Zr.H/h6*1H;;;/q;;;;;;;+6;/p-6. The second-order valence-corrected chi connectivity index (χ2v) is 6.34.